The van der Waals surface area contributed by atoms with Crippen molar-refractivity contribution in [2.45, 2.75) is 19.9 Å². The molecule has 2 amide bonds. The third-order valence-electron chi connectivity index (χ3n) is 2.90. The molecule has 2 rings (SSSR count). The van der Waals surface area contributed by atoms with E-state index in [1.165, 1.54) is 11.8 Å². The number of anilines is 1. The van der Waals surface area contributed by atoms with Gasteiger partial charge in [0.2, 0.25) is 5.91 Å². The van der Waals surface area contributed by atoms with E-state index in [9.17, 15) is 14.4 Å². The summed E-state index contributed by atoms with van der Waals surface area (Å²) in [6.07, 6.45) is -0.0711. The summed E-state index contributed by atoms with van der Waals surface area (Å²) in [5.41, 5.74) is 1.95. The lowest BCUT2D eigenvalue weighted by Crippen LogP contribution is -2.26. The molecule has 2 N–H and O–H groups in total. The Hall–Kier alpha value is -2.37. The van der Waals surface area contributed by atoms with E-state index in [1.54, 1.807) is 18.2 Å². The van der Waals surface area contributed by atoms with E-state index in [0.717, 1.165) is 5.56 Å². The number of carbonyl (C=O) groups is 3. The van der Waals surface area contributed by atoms with Crippen molar-refractivity contribution in [3.8, 4) is 0 Å². The van der Waals surface area contributed by atoms with E-state index in [1.807, 2.05) is 0 Å². The third kappa shape index (κ3) is 2.90. The van der Waals surface area contributed by atoms with E-state index in [2.05, 4.69) is 5.32 Å². The Bertz CT molecular complexity index is 554. The molecule has 0 saturated heterocycles. The Kier molecular flexibility index (Phi) is 3.50. The van der Waals surface area contributed by atoms with Gasteiger partial charge in [-0.1, -0.05) is 6.07 Å². The average Bonchev–Trinajstić information content (AvgIpc) is 2.63. The molecule has 100 valence electrons. The van der Waals surface area contributed by atoms with Crippen molar-refractivity contribution in [1.82, 2.24) is 4.90 Å². The van der Waals surface area contributed by atoms with E-state index in [0.29, 0.717) is 17.8 Å². The maximum atomic E-state index is 12.1. The van der Waals surface area contributed by atoms with Crippen molar-refractivity contribution in [3.63, 3.8) is 0 Å². The van der Waals surface area contributed by atoms with Gasteiger partial charge in [0.05, 0.1) is 6.42 Å². The van der Waals surface area contributed by atoms with Crippen LogP contribution in [0.3, 0.4) is 0 Å². The van der Waals surface area contributed by atoms with E-state index >= 15 is 0 Å². The molecular weight excluding hydrogens is 248 g/mol. The molecule has 0 atom stereocenters. The predicted octanol–water partition coefficient (Wildman–Crippen LogP) is 1.08. The summed E-state index contributed by atoms with van der Waals surface area (Å²) in [5.74, 6) is -1.32. The number of nitrogens with one attached hydrogen (secondary N) is 1. The molecule has 1 aromatic carbocycles. The van der Waals surface area contributed by atoms with Crippen LogP contribution in [-0.2, 0) is 16.1 Å². The van der Waals surface area contributed by atoms with E-state index in [-0.39, 0.29) is 24.8 Å². The number of hydrogen-bond acceptors (Lipinski definition) is 3. The van der Waals surface area contributed by atoms with Crippen molar-refractivity contribution < 1.29 is 19.5 Å². The minimum Gasteiger partial charge on any atom is -0.481 e. The van der Waals surface area contributed by atoms with Crippen LogP contribution in [0.15, 0.2) is 18.2 Å². The van der Waals surface area contributed by atoms with Crippen molar-refractivity contribution >= 4 is 23.5 Å². The number of rotatable bonds is 4. The molecule has 6 nitrogen and oxygen atoms in total. The number of carboxylic acids is 1. The monoisotopic (exact) mass is 262 g/mol. The number of aliphatic carboxylic acids is 1. The molecule has 0 unspecified atom stereocenters. The highest BCUT2D eigenvalue weighted by atomic mass is 16.4. The fourth-order valence-electron chi connectivity index (χ4n) is 2.05. The molecule has 0 radical (unpaired) electrons. The smallest absolute Gasteiger partial charge is 0.305 e. The molecule has 0 spiro atoms. The van der Waals surface area contributed by atoms with E-state index in [4.69, 9.17) is 5.11 Å². The zero-order valence-corrected chi connectivity index (χ0v) is 10.5. The Balaban J connectivity index is 2.14. The molecule has 0 bridgehead atoms. The summed E-state index contributed by atoms with van der Waals surface area (Å²) in [5, 5.41) is 11.3. The first-order valence-corrected chi connectivity index (χ1v) is 5.89. The maximum Gasteiger partial charge on any atom is 0.305 e. The predicted molar refractivity (Wildman–Crippen MR) is 67.7 cm³/mol. The number of carboxylic acid groups (broad SMARTS) is 1. The summed E-state index contributed by atoms with van der Waals surface area (Å²) in [6.45, 7) is 2.01. The number of carbonyl (C=O) groups excluding carboxylic acids is 2. The first kappa shape index (κ1) is 13.1. The Labute approximate surface area is 110 Å². The van der Waals surface area contributed by atoms with Gasteiger partial charge in [0.25, 0.3) is 5.91 Å². The van der Waals surface area contributed by atoms with Crippen molar-refractivity contribution in [3.05, 3.63) is 29.3 Å². The minimum atomic E-state index is -0.928. The lowest BCUT2D eigenvalue weighted by Gasteiger charge is -2.13. The Morgan fingerprint density at radius 1 is 1.42 bits per heavy atom. The lowest BCUT2D eigenvalue weighted by atomic mass is 10.1. The molecule has 0 aliphatic carbocycles. The van der Waals surface area contributed by atoms with Crippen molar-refractivity contribution in [2.75, 3.05) is 11.9 Å². The molecule has 1 heterocycles. The lowest BCUT2D eigenvalue weighted by molar-refractivity contribution is -0.137. The van der Waals surface area contributed by atoms with Crippen LogP contribution in [0.2, 0.25) is 0 Å². The molecule has 6 heteroatoms. The standard InChI is InChI=1S/C13H14N2O4/c1-8(16)14-10-3-2-9-7-15(5-4-12(17)18)13(19)11(9)6-10/h2-3,6H,4-5,7H2,1H3,(H,14,16)(H,17,18). The first-order valence-electron chi connectivity index (χ1n) is 5.89. The summed E-state index contributed by atoms with van der Waals surface area (Å²) in [7, 11) is 0. The molecule has 1 aliphatic rings. The summed E-state index contributed by atoms with van der Waals surface area (Å²) in [4.78, 5) is 35.1. The topological polar surface area (TPSA) is 86.7 Å². The van der Waals surface area contributed by atoms with Gasteiger partial charge in [0.1, 0.15) is 0 Å². The number of benzene rings is 1. The second-order valence-electron chi connectivity index (χ2n) is 4.42. The summed E-state index contributed by atoms with van der Waals surface area (Å²) < 4.78 is 0. The third-order valence-corrected chi connectivity index (χ3v) is 2.90. The highest BCUT2D eigenvalue weighted by molar-refractivity contribution is 6.00. The second-order valence-corrected chi connectivity index (χ2v) is 4.42. The molecule has 19 heavy (non-hydrogen) atoms. The van der Waals surface area contributed by atoms with Crippen LogP contribution >= 0.6 is 0 Å². The fourth-order valence-corrected chi connectivity index (χ4v) is 2.05. The molecular formula is C13H14N2O4. The molecule has 0 saturated carbocycles. The average molecular weight is 262 g/mol. The Morgan fingerprint density at radius 2 is 2.16 bits per heavy atom. The first-order chi connectivity index (χ1) is 8.97. The molecule has 1 aromatic rings. The molecule has 1 aliphatic heterocycles. The summed E-state index contributed by atoms with van der Waals surface area (Å²) in [6, 6.07) is 5.13. The number of amides is 2. The van der Waals surface area contributed by atoms with Crippen molar-refractivity contribution in [1.29, 1.82) is 0 Å². The highest BCUT2D eigenvalue weighted by Crippen LogP contribution is 2.25. The van der Waals surface area contributed by atoms with Gasteiger partial charge in [0.15, 0.2) is 0 Å². The zero-order chi connectivity index (χ0) is 14.0. The largest absolute Gasteiger partial charge is 0.481 e. The summed E-state index contributed by atoms with van der Waals surface area (Å²) >= 11 is 0. The van der Waals surface area contributed by atoms with Gasteiger partial charge in [-0.25, -0.2) is 0 Å². The minimum absolute atomic E-state index is 0.0711. The zero-order valence-electron chi connectivity index (χ0n) is 10.5. The van der Waals surface area contributed by atoms with Crippen molar-refractivity contribution in [2.24, 2.45) is 0 Å². The van der Waals surface area contributed by atoms with Gasteiger partial charge in [0, 0.05) is 31.3 Å². The van der Waals surface area contributed by atoms with Crippen LogP contribution in [0, 0.1) is 0 Å². The van der Waals surface area contributed by atoms with E-state index < -0.39 is 5.97 Å². The number of hydrogen-bond donors (Lipinski definition) is 2. The van der Waals surface area contributed by atoms with Crippen LogP contribution in [-0.4, -0.2) is 34.3 Å². The Morgan fingerprint density at radius 3 is 2.79 bits per heavy atom. The van der Waals surface area contributed by atoms with Gasteiger partial charge in [-0.15, -0.1) is 0 Å². The number of nitrogens with zero attached hydrogens (tertiary/aromatic N) is 1. The molecule has 0 aromatic heterocycles. The van der Waals surface area contributed by atoms with Crippen LogP contribution in [0.4, 0.5) is 5.69 Å². The maximum absolute atomic E-state index is 12.1. The second kappa shape index (κ2) is 5.09. The van der Waals surface area contributed by atoms with Crippen LogP contribution < -0.4 is 5.32 Å². The quantitative estimate of drug-likeness (QED) is 0.850. The SMILES string of the molecule is CC(=O)Nc1ccc2c(c1)C(=O)N(CCC(=O)O)C2. The van der Waals surface area contributed by atoms with Crippen LogP contribution in [0.1, 0.15) is 29.3 Å². The van der Waals surface area contributed by atoms with Gasteiger partial charge in [-0.3, -0.25) is 14.4 Å². The highest BCUT2D eigenvalue weighted by Gasteiger charge is 2.27. The van der Waals surface area contributed by atoms with Gasteiger partial charge in [-0.05, 0) is 17.7 Å². The van der Waals surface area contributed by atoms with Gasteiger partial charge >= 0.3 is 5.97 Å². The molecule has 0 fully saturated rings. The normalized spacial score (nSPS) is 13.3. The van der Waals surface area contributed by atoms with Crippen LogP contribution in [0.5, 0.6) is 0 Å². The van der Waals surface area contributed by atoms with Gasteiger partial charge in [-0.2, -0.15) is 0 Å². The van der Waals surface area contributed by atoms with Crippen LogP contribution in [0.25, 0.3) is 0 Å². The van der Waals surface area contributed by atoms with Gasteiger partial charge < -0.3 is 15.3 Å². The fraction of sp³-hybridized carbons (Fsp3) is 0.308. The number of fused-ring (bicyclic) bond motifs is 1.